The first kappa shape index (κ1) is 6.80. The Kier molecular flexibility index (Phi) is 1.43. The van der Waals surface area contributed by atoms with Gasteiger partial charge in [-0.25, -0.2) is 0 Å². The summed E-state index contributed by atoms with van der Waals surface area (Å²) in [5.41, 5.74) is 9.68. The number of nitrogens with two attached hydrogens (primary N) is 1. The van der Waals surface area contributed by atoms with E-state index in [1.807, 2.05) is 6.20 Å². The van der Waals surface area contributed by atoms with Crippen molar-refractivity contribution in [2.45, 2.75) is 25.8 Å². The minimum Gasteiger partial charge on any atom is -0.323 e. The summed E-state index contributed by atoms with van der Waals surface area (Å²) in [7, 11) is 0. The molecule has 2 N–H and O–H groups in total. The number of hydrogen-bond donors (Lipinski definition) is 1. The number of aryl methyl sites for hydroxylation is 1. The standard InChI is InChI=1S/C9H12N2/c1-6-4-5-11-9-7(6)2-3-8(9)10/h4-5,8H,2-3,10H2,1H3. The zero-order valence-corrected chi connectivity index (χ0v) is 6.67. The van der Waals surface area contributed by atoms with Crippen LogP contribution in [0.3, 0.4) is 0 Å². The van der Waals surface area contributed by atoms with Crippen molar-refractivity contribution >= 4 is 0 Å². The van der Waals surface area contributed by atoms with E-state index in [0.717, 1.165) is 18.5 Å². The van der Waals surface area contributed by atoms with Crippen LogP contribution in [-0.2, 0) is 6.42 Å². The second kappa shape index (κ2) is 2.31. The summed E-state index contributed by atoms with van der Waals surface area (Å²) >= 11 is 0. The van der Waals surface area contributed by atoms with Crippen molar-refractivity contribution in [3.8, 4) is 0 Å². The fraction of sp³-hybridized carbons (Fsp3) is 0.444. The van der Waals surface area contributed by atoms with Crippen LogP contribution in [0.1, 0.15) is 29.3 Å². The molecule has 58 valence electrons. The molecule has 0 saturated carbocycles. The minimum absolute atomic E-state index is 0.185. The molecule has 0 radical (unpaired) electrons. The summed E-state index contributed by atoms with van der Waals surface area (Å²) in [5, 5.41) is 0. The van der Waals surface area contributed by atoms with Gasteiger partial charge in [-0.15, -0.1) is 0 Å². The first-order valence-corrected chi connectivity index (χ1v) is 3.99. The van der Waals surface area contributed by atoms with Crippen LogP contribution < -0.4 is 5.73 Å². The molecule has 0 fully saturated rings. The molecule has 0 amide bonds. The molecule has 1 atom stereocenters. The predicted molar refractivity (Wildman–Crippen MR) is 44.2 cm³/mol. The van der Waals surface area contributed by atoms with Gasteiger partial charge in [-0.1, -0.05) is 0 Å². The lowest BCUT2D eigenvalue weighted by Crippen LogP contribution is -2.07. The highest BCUT2D eigenvalue weighted by molar-refractivity contribution is 5.34. The van der Waals surface area contributed by atoms with Crippen LogP contribution in [0, 0.1) is 6.92 Å². The molecule has 1 unspecified atom stereocenters. The van der Waals surface area contributed by atoms with E-state index in [2.05, 4.69) is 18.0 Å². The fourth-order valence-corrected chi connectivity index (χ4v) is 1.69. The molecule has 2 nitrogen and oxygen atoms in total. The Bertz CT molecular complexity index is 281. The van der Waals surface area contributed by atoms with E-state index >= 15 is 0 Å². The van der Waals surface area contributed by atoms with Gasteiger partial charge in [-0.3, -0.25) is 4.98 Å². The van der Waals surface area contributed by atoms with Crippen LogP contribution in [0.4, 0.5) is 0 Å². The molecule has 0 bridgehead atoms. The van der Waals surface area contributed by atoms with Crippen LogP contribution in [-0.4, -0.2) is 4.98 Å². The van der Waals surface area contributed by atoms with Crippen LogP contribution in [0.5, 0.6) is 0 Å². The molecule has 2 rings (SSSR count). The third-order valence-electron chi connectivity index (χ3n) is 2.38. The van der Waals surface area contributed by atoms with Gasteiger partial charge >= 0.3 is 0 Å². The Morgan fingerprint density at radius 3 is 3.18 bits per heavy atom. The number of fused-ring (bicyclic) bond motifs is 1. The monoisotopic (exact) mass is 148 g/mol. The van der Waals surface area contributed by atoms with Crippen LogP contribution >= 0.6 is 0 Å². The summed E-state index contributed by atoms with van der Waals surface area (Å²) in [6.45, 7) is 2.12. The van der Waals surface area contributed by atoms with Gasteiger partial charge in [0.25, 0.3) is 0 Å². The number of hydrogen-bond acceptors (Lipinski definition) is 2. The second-order valence-corrected chi connectivity index (χ2v) is 3.14. The maximum atomic E-state index is 5.85. The summed E-state index contributed by atoms with van der Waals surface area (Å²) < 4.78 is 0. The molecular weight excluding hydrogens is 136 g/mol. The van der Waals surface area contributed by atoms with Crippen LogP contribution in [0.15, 0.2) is 12.3 Å². The largest absolute Gasteiger partial charge is 0.323 e. The molecule has 1 aliphatic carbocycles. The van der Waals surface area contributed by atoms with Crippen molar-refractivity contribution < 1.29 is 0 Å². The summed E-state index contributed by atoms with van der Waals surface area (Å²) in [4.78, 5) is 4.28. The molecule has 2 heteroatoms. The lowest BCUT2D eigenvalue weighted by Gasteiger charge is -2.03. The average Bonchev–Trinajstić information content (AvgIpc) is 2.35. The van der Waals surface area contributed by atoms with E-state index < -0.39 is 0 Å². The van der Waals surface area contributed by atoms with Crippen molar-refractivity contribution in [3.05, 3.63) is 29.1 Å². The van der Waals surface area contributed by atoms with Crippen molar-refractivity contribution in [1.82, 2.24) is 4.98 Å². The molecule has 0 aliphatic heterocycles. The molecular formula is C9H12N2. The van der Waals surface area contributed by atoms with Gasteiger partial charge in [-0.05, 0) is 37.0 Å². The van der Waals surface area contributed by atoms with E-state index in [9.17, 15) is 0 Å². The lowest BCUT2D eigenvalue weighted by molar-refractivity contribution is 0.698. The topological polar surface area (TPSA) is 38.9 Å². The van der Waals surface area contributed by atoms with Gasteiger partial charge in [0.15, 0.2) is 0 Å². The molecule has 0 saturated heterocycles. The summed E-state index contributed by atoms with van der Waals surface area (Å²) in [6.07, 6.45) is 4.02. The van der Waals surface area contributed by atoms with Gasteiger partial charge in [-0.2, -0.15) is 0 Å². The highest BCUT2D eigenvalue weighted by atomic mass is 14.8. The molecule has 1 aromatic heterocycles. The molecule has 1 heterocycles. The van der Waals surface area contributed by atoms with E-state index in [-0.39, 0.29) is 6.04 Å². The molecule has 1 aromatic rings. The van der Waals surface area contributed by atoms with Crippen molar-refractivity contribution in [3.63, 3.8) is 0 Å². The molecule has 0 aromatic carbocycles. The predicted octanol–water partition coefficient (Wildman–Crippen LogP) is 1.34. The Hall–Kier alpha value is -0.890. The SMILES string of the molecule is Cc1ccnc2c1CCC2N. The average molecular weight is 148 g/mol. The summed E-state index contributed by atoms with van der Waals surface area (Å²) in [6, 6.07) is 2.24. The molecule has 11 heavy (non-hydrogen) atoms. The number of rotatable bonds is 0. The Labute approximate surface area is 66.4 Å². The normalized spacial score (nSPS) is 21.8. The van der Waals surface area contributed by atoms with Crippen LogP contribution in [0.25, 0.3) is 0 Å². The lowest BCUT2D eigenvalue weighted by atomic mass is 10.1. The number of aromatic nitrogens is 1. The van der Waals surface area contributed by atoms with Gasteiger partial charge in [0.2, 0.25) is 0 Å². The van der Waals surface area contributed by atoms with Gasteiger partial charge in [0.05, 0.1) is 5.69 Å². The van der Waals surface area contributed by atoms with E-state index in [1.54, 1.807) is 0 Å². The van der Waals surface area contributed by atoms with Crippen molar-refractivity contribution in [2.24, 2.45) is 5.73 Å². The van der Waals surface area contributed by atoms with Gasteiger partial charge in [0.1, 0.15) is 0 Å². The Balaban J connectivity index is 2.57. The van der Waals surface area contributed by atoms with E-state index in [1.165, 1.54) is 11.1 Å². The van der Waals surface area contributed by atoms with E-state index in [0.29, 0.717) is 0 Å². The zero-order valence-electron chi connectivity index (χ0n) is 6.67. The Morgan fingerprint density at radius 1 is 1.64 bits per heavy atom. The maximum Gasteiger partial charge on any atom is 0.0605 e. The third-order valence-corrected chi connectivity index (χ3v) is 2.38. The fourth-order valence-electron chi connectivity index (χ4n) is 1.69. The van der Waals surface area contributed by atoms with Crippen molar-refractivity contribution in [2.75, 3.05) is 0 Å². The Morgan fingerprint density at radius 2 is 2.45 bits per heavy atom. The van der Waals surface area contributed by atoms with Crippen LogP contribution in [0.2, 0.25) is 0 Å². The minimum atomic E-state index is 0.185. The number of nitrogens with zero attached hydrogens (tertiary/aromatic N) is 1. The highest BCUT2D eigenvalue weighted by Crippen LogP contribution is 2.28. The first-order chi connectivity index (χ1) is 5.29. The maximum absolute atomic E-state index is 5.85. The second-order valence-electron chi connectivity index (χ2n) is 3.14. The zero-order chi connectivity index (χ0) is 7.84. The van der Waals surface area contributed by atoms with Crippen molar-refractivity contribution in [1.29, 1.82) is 0 Å². The molecule has 1 aliphatic rings. The highest BCUT2D eigenvalue weighted by Gasteiger charge is 2.20. The smallest absolute Gasteiger partial charge is 0.0605 e. The quantitative estimate of drug-likeness (QED) is 0.603. The number of pyridine rings is 1. The first-order valence-electron chi connectivity index (χ1n) is 3.99. The van der Waals surface area contributed by atoms with Gasteiger partial charge < -0.3 is 5.73 Å². The van der Waals surface area contributed by atoms with E-state index in [4.69, 9.17) is 5.73 Å². The summed E-state index contributed by atoms with van der Waals surface area (Å²) in [5.74, 6) is 0. The molecule has 0 spiro atoms. The third kappa shape index (κ3) is 0.942. The van der Waals surface area contributed by atoms with Gasteiger partial charge in [0, 0.05) is 12.2 Å².